The maximum atomic E-state index is 5.26. The fraction of sp³-hybridized carbons (Fsp3) is 0.0208. The summed E-state index contributed by atoms with van der Waals surface area (Å²) in [5.41, 5.74) is 9.65. The molecule has 0 aliphatic rings. The molecule has 3 aromatic heterocycles. The van der Waals surface area contributed by atoms with Gasteiger partial charge in [-0.3, -0.25) is 4.57 Å². The first kappa shape index (κ1) is 31.8. The van der Waals surface area contributed by atoms with Crippen LogP contribution in [0.2, 0.25) is 0 Å². The maximum Gasteiger partial charge on any atom is 0.238 e. The highest BCUT2D eigenvalue weighted by molar-refractivity contribution is 6.29. The van der Waals surface area contributed by atoms with E-state index < -0.39 is 0 Å². The zero-order valence-corrected chi connectivity index (χ0v) is 29.3. The van der Waals surface area contributed by atoms with Crippen LogP contribution in [0.15, 0.2) is 189 Å². The van der Waals surface area contributed by atoms with Gasteiger partial charge in [-0.05, 0) is 48.4 Å². The second-order valence-electron chi connectivity index (χ2n) is 12.9. The van der Waals surface area contributed by atoms with Crippen LogP contribution < -0.4 is 0 Å². The molecule has 0 spiro atoms. The molecule has 0 N–H and O–H groups in total. The van der Waals surface area contributed by atoms with E-state index in [1.54, 1.807) is 6.08 Å². The number of benzene rings is 7. The Morgan fingerprint density at radius 2 is 0.887 bits per heavy atom. The predicted molar refractivity (Wildman–Crippen MR) is 221 cm³/mol. The summed E-state index contributed by atoms with van der Waals surface area (Å²) in [6, 6.07) is 61.4. The highest BCUT2D eigenvalue weighted by Gasteiger charge is 2.25. The Balaban J connectivity index is 0.00000120. The average Bonchev–Trinajstić information content (AvgIpc) is 3.75. The summed E-state index contributed by atoms with van der Waals surface area (Å²) < 4.78 is 4.65. The molecule has 0 amide bonds. The Bertz CT molecular complexity index is 2830. The van der Waals surface area contributed by atoms with Crippen LogP contribution in [0.25, 0.3) is 89.2 Å². The SMILES string of the molecule is C=CC.c1ccc(-c2nc(-c3ccccc3)nc(-n3c4ccccc4c4c(-c5ccccc5)cc5c(c6ccccc6n5-c5ccccc5)c43)n2)cc1. The molecule has 0 saturated carbocycles. The molecule has 3 heterocycles. The normalized spacial score (nSPS) is 11.2. The second kappa shape index (κ2) is 13.5. The highest BCUT2D eigenvalue weighted by atomic mass is 15.2. The summed E-state index contributed by atoms with van der Waals surface area (Å²) >= 11 is 0. The third-order valence-corrected chi connectivity index (χ3v) is 9.56. The third kappa shape index (κ3) is 5.47. The van der Waals surface area contributed by atoms with Crippen molar-refractivity contribution in [3.05, 3.63) is 189 Å². The Hall–Kier alpha value is -7.11. The fourth-order valence-electron chi connectivity index (χ4n) is 7.41. The topological polar surface area (TPSA) is 48.5 Å². The summed E-state index contributed by atoms with van der Waals surface area (Å²) in [5, 5.41) is 4.62. The molecule has 0 aliphatic carbocycles. The monoisotopic (exact) mass is 681 g/mol. The van der Waals surface area contributed by atoms with Crippen molar-refractivity contribution in [2.45, 2.75) is 6.92 Å². The number of aromatic nitrogens is 5. The molecule has 0 bridgehead atoms. The van der Waals surface area contributed by atoms with Gasteiger partial charge >= 0.3 is 0 Å². The fourth-order valence-corrected chi connectivity index (χ4v) is 7.41. The van der Waals surface area contributed by atoms with Gasteiger partial charge in [0.1, 0.15) is 0 Å². The van der Waals surface area contributed by atoms with E-state index in [4.69, 9.17) is 15.0 Å². The minimum atomic E-state index is 0.576. The minimum Gasteiger partial charge on any atom is -0.309 e. The summed E-state index contributed by atoms with van der Waals surface area (Å²) in [7, 11) is 0. The largest absolute Gasteiger partial charge is 0.309 e. The molecule has 7 aromatic carbocycles. The molecule has 0 unspecified atom stereocenters. The Labute approximate surface area is 307 Å². The van der Waals surface area contributed by atoms with E-state index in [1.165, 1.54) is 5.39 Å². The van der Waals surface area contributed by atoms with Crippen LogP contribution in [0.3, 0.4) is 0 Å². The van der Waals surface area contributed by atoms with E-state index in [0.717, 1.165) is 66.2 Å². The van der Waals surface area contributed by atoms with Crippen molar-refractivity contribution in [1.82, 2.24) is 24.1 Å². The first-order valence-corrected chi connectivity index (χ1v) is 17.8. The molecule has 10 aromatic rings. The molecule has 0 atom stereocenters. The highest BCUT2D eigenvalue weighted by Crippen LogP contribution is 2.46. The van der Waals surface area contributed by atoms with Crippen molar-refractivity contribution >= 4 is 43.6 Å². The first-order valence-electron chi connectivity index (χ1n) is 17.8. The van der Waals surface area contributed by atoms with Gasteiger partial charge in [0.25, 0.3) is 0 Å². The van der Waals surface area contributed by atoms with E-state index in [0.29, 0.717) is 17.6 Å². The van der Waals surface area contributed by atoms with Crippen LogP contribution in [0.4, 0.5) is 0 Å². The van der Waals surface area contributed by atoms with Gasteiger partial charge in [-0.1, -0.05) is 152 Å². The summed E-state index contributed by atoms with van der Waals surface area (Å²) in [6.45, 7) is 5.25. The van der Waals surface area contributed by atoms with Crippen molar-refractivity contribution in [3.8, 4) is 45.5 Å². The van der Waals surface area contributed by atoms with E-state index in [9.17, 15) is 0 Å². The molecule has 5 heteroatoms. The molecule has 252 valence electrons. The van der Waals surface area contributed by atoms with Crippen LogP contribution in [0.5, 0.6) is 0 Å². The molecule has 0 fully saturated rings. The van der Waals surface area contributed by atoms with Crippen LogP contribution in [-0.2, 0) is 0 Å². The van der Waals surface area contributed by atoms with Gasteiger partial charge in [0, 0.05) is 38.4 Å². The Morgan fingerprint density at radius 3 is 1.43 bits per heavy atom. The molecule has 10 rings (SSSR count). The molecule has 0 radical (unpaired) electrons. The van der Waals surface area contributed by atoms with Crippen LogP contribution in [0.1, 0.15) is 6.92 Å². The van der Waals surface area contributed by atoms with Crippen molar-refractivity contribution in [2.24, 2.45) is 0 Å². The van der Waals surface area contributed by atoms with Gasteiger partial charge in [-0.25, -0.2) is 4.98 Å². The zero-order valence-electron chi connectivity index (χ0n) is 29.3. The minimum absolute atomic E-state index is 0.576. The van der Waals surface area contributed by atoms with Gasteiger partial charge in [0.2, 0.25) is 5.95 Å². The van der Waals surface area contributed by atoms with Crippen molar-refractivity contribution < 1.29 is 0 Å². The number of para-hydroxylation sites is 3. The lowest BCUT2D eigenvalue weighted by Crippen LogP contribution is -2.06. The van der Waals surface area contributed by atoms with Crippen LogP contribution >= 0.6 is 0 Å². The summed E-state index contributed by atoms with van der Waals surface area (Å²) in [6.07, 6.45) is 1.75. The number of allylic oxidation sites excluding steroid dienone is 1. The predicted octanol–water partition coefficient (Wildman–Crippen LogP) is 12.3. The molecule has 0 aliphatic heterocycles. The number of rotatable bonds is 5. The van der Waals surface area contributed by atoms with E-state index >= 15 is 0 Å². The van der Waals surface area contributed by atoms with Crippen molar-refractivity contribution in [1.29, 1.82) is 0 Å². The smallest absolute Gasteiger partial charge is 0.238 e. The van der Waals surface area contributed by atoms with E-state index in [2.05, 4.69) is 155 Å². The van der Waals surface area contributed by atoms with Gasteiger partial charge in [0.15, 0.2) is 11.6 Å². The van der Waals surface area contributed by atoms with Gasteiger partial charge in [-0.15, -0.1) is 6.58 Å². The summed E-state index contributed by atoms with van der Waals surface area (Å²) in [5.74, 6) is 1.83. The Morgan fingerprint density at radius 1 is 0.453 bits per heavy atom. The van der Waals surface area contributed by atoms with E-state index in [-0.39, 0.29) is 0 Å². The second-order valence-corrected chi connectivity index (χ2v) is 12.9. The lowest BCUT2D eigenvalue weighted by Gasteiger charge is -2.13. The molecular formula is C48H35N5. The standard InChI is InChI=1S/C45H29N5.C3H6/c1-5-17-30(18-6-1)36-29-39-41(35-26-14-15-27-37(35)49(39)33-23-11-4-12-24-33)42-40(36)34-25-13-16-28-38(34)50(42)45-47-43(31-19-7-2-8-20-31)46-44(48-45)32-21-9-3-10-22-32;1-3-2/h1-29H;3H,1H2,2H3. The molecule has 0 saturated heterocycles. The molecular weight excluding hydrogens is 647 g/mol. The van der Waals surface area contributed by atoms with Crippen LogP contribution in [0, 0.1) is 0 Å². The summed E-state index contributed by atoms with van der Waals surface area (Å²) in [4.78, 5) is 15.5. The number of fused-ring (bicyclic) bond motifs is 7. The van der Waals surface area contributed by atoms with Gasteiger partial charge < -0.3 is 4.57 Å². The lowest BCUT2D eigenvalue weighted by molar-refractivity contribution is 0.955. The molecule has 5 nitrogen and oxygen atoms in total. The average molecular weight is 682 g/mol. The van der Waals surface area contributed by atoms with Crippen molar-refractivity contribution in [3.63, 3.8) is 0 Å². The lowest BCUT2D eigenvalue weighted by atomic mass is 9.97. The first-order chi connectivity index (χ1) is 26.2. The zero-order chi connectivity index (χ0) is 35.7. The number of hydrogen-bond acceptors (Lipinski definition) is 3. The van der Waals surface area contributed by atoms with E-state index in [1.807, 2.05) is 43.3 Å². The quantitative estimate of drug-likeness (QED) is 0.170. The van der Waals surface area contributed by atoms with Crippen LogP contribution in [-0.4, -0.2) is 24.1 Å². The van der Waals surface area contributed by atoms with Gasteiger partial charge in [0.05, 0.1) is 22.1 Å². The van der Waals surface area contributed by atoms with Crippen molar-refractivity contribution in [2.75, 3.05) is 0 Å². The maximum absolute atomic E-state index is 5.26. The number of hydrogen-bond donors (Lipinski definition) is 0. The third-order valence-electron chi connectivity index (χ3n) is 9.56. The Kier molecular flexibility index (Phi) is 8.14. The number of nitrogens with zero attached hydrogens (tertiary/aromatic N) is 5. The van der Waals surface area contributed by atoms with Gasteiger partial charge in [-0.2, -0.15) is 9.97 Å². The molecule has 53 heavy (non-hydrogen) atoms.